The average Bonchev–Trinajstić information content (AvgIpc) is 2.71. The zero-order valence-corrected chi connectivity index (χ0v) is 19.3. The Labute approximate surface area is 185 Å². The topological polar surface area (TPSA) is 64.7 Å². The van der Waals surface area contributed by atoms with E-state index in [1.165, 1.54) is 0 Å². The zero-order chi connectivity index (χ0) is 22.6. The fourth-order valence-corrected chi connectivity index (χ4v) is 3.71. The maximum Gasteiger partial charge on any atom is 0.323 e. The highest BCUT2D eigenvalue weighted by molar-refractivity contribution is 6.00. The molecule has 0 spiro atoms. The van der Waals surface area contributed by atoms with Crippen molar-refractivity contribution in [1.82, 2.24) is 4.90 Å². The molecule has 31 heavy (non-hydrogen) atoms. The van der Waals surface area contributed by atoms with Crippen LogP contribution in [0, 0.1) is 19.3 Å². The van der Waals surface area contributed by atoms with Gasteiger partial charge in [0.2, 0.25) is 5.91 Å². The van der Waals surface area contributed by atoms with Crippen molar-refractivity contribution < 1.29 is 9.59 Å². The number of nitrogens with zero attached hydrogens (tertiary/aromatic N) is 2. The first-order chi connectivity index (χ1) is 14.6. The van der Waals surface area contributed by atoms with E-state index in [9.17, 15) is 9.59 Å². The standard InChI is InChI=1S/C25H34N4O2/c1-18-7-6-8-22(19(18)2)27-24(31)26-20-9-11-21(12-10-20)28-13-15-29(16-14-28)23(30)17-25(3,4)5/h6-12H,13-17H2,1-5H3,(H2,26,27,31). The highest BCUT2D eigenvalue weighted by atomic mass is 16.2. The van der Waals surface area contributed by atoms with Gasteiger partial charge in [0.25, 0.3) is 0 Å². The van der Waals surface area contributed by atoms with E-state index in [0.717, 1.165) is 54.4 Å². The summed E-state index contributed by atoms with van der Waals surface area (Å²) >= 11 is 0. The highest BCUT2D eigenvalue weighted by Crippen LogP contribution is 2.23. The molecular weight excluding hydrogens is 388 g/mol. The second kappa shape index (κ2) is 9.41. The van der Waals surface area contributed by atoms with Gasteiger partial charge in [0.15, 0.2) is 0 Å². The molecule has 0 aliphatic carbocycles. The lowest BCUT2D eigenvalue weighted by atomic mass is 9.91. The molecule has 1 heterocycles. The van der Waals surface area contributed by atoms with Crippen molar-refractivity contribution in [3.05, 3.63) is 53.6 Å². The summed E-state index contributed by atoms with van der Waals surface area (Å²) in [5.74, 6) is 0.238. The number of carbonyl (C=O) groups is 2. The minimum absolute atomic E-state index is 0.0153. The number of urea groups is 1. The molecule has 6 heteroatoms. The Kier molecular flexibility index (Phi) is 6.88. The molecule has 0 saturated carbocycles. The van der Waals surface area contributed by atoms with E-state index >= 15 is 0 Å². The molecule has 6 nitrogen and oxygen atoms in total. The summed E-state index contributed by atoms with van der Waals surface area (Å²) in [5, 5.41) is 5.80. The third-order valence-electron chi connectivity index (χ3n) is 5.66. The number of nitrogens with one attached hydrogen (secondary N) is 2. The van der Waals surface area contributed by atoms with Crippen LogP contribution in [0.3, 0.4) is 0 Å². The molecular formula is C25H34N4O2. The zero-order valence-electron chi connectivity index (χ0n) is 19.3. The lowest BCUT2D eigenvalue weighted by Crippen LogP contribution is -2.49. The van der Waals surface area contributed by atoms with Gasteiger partial charge in [-0.15, -0.1) is 0 Å². The maximum atomic E-state index is 12.4. The fourth-order valence-electron chi connectivity index (χ4n) is 3.71. The van der Waals surface area contributed by atoms with Gasteiger partial charge in [0.05, 0.1) is 0 Å². The molecule has 0 aromatic heterocycles. The summed E-state index contributed by atoms with van der Waals surface area (Å²) in [4.78, 5) is 29.0. The Morgan fingerprint density at radius 2 is 1.55 bits per heavy atom. The van der Waals surface area contributed by atoms with Crippen LogP contribution < -0.4 is 15.5 Å². The molecule has 3 rings (SSSR count). The summed E-state index contributed by atoms with van der Waals surface area (Å²) < 4.78 is 0. The lowest BCUT2D eigenvalue weighted by Gasteiger charge is -2.37. The number of anilines is 3. The van der Waals surface area contributed by atoms with E-state index in [4.69, 9.17) is 0 Å². The SMILES string of the molecule is Cc1cccc(NC(=O)Nc2ccc(N3CCN(C(=O)CC(C)(C)C)CC3)cc2)c1C. The van der Waals surface area contributed by atoms with Crippen molar-refractivity contribution in [2.45, 2.75) is 41.0 Å². The largest absolute Gasteiger partial charge is 0.368 e. The van der Waals surface area contributed by atoms with Crippen LogP contribution in [-0.2, 0) is 4.79 Å². The number of rotatable bonds is 4. The Bertz CT molecular complexity index is 924. The van der Waals surface area contributed by atoms with Gasteiger partial charge in [0, 0.05) is 49.7 Å². The Balaban J connectivity index is 1.52. The second-order valence-electron chi connectivity index (χ2n) is 9.48. The summed E-state index contributed by atoms with van der Waals surface area (Å²) in [7, 11) is 0. The third-order valence-corrected chi connectivity index (χ3v) is 5.66. The molecule has 1 aliphatic heterocycles. The molecule has 0 bridgehead atoms. The van der Waals surface area contributed by atoms with Crippen LogP contribution >= 0.6 is 0 Å². The molecule has 1 fully saturated rings. The molecule has 0 atom stereocenters. The number of carbonyl (C=O) groups excluding carboxylic acids is 2. The summed E-state index contributed by atoms with van der Waals surface area (Å²) in [6.07, 6.45) is 0.581. The summed E-state index contributed by atoms with van der Waals surface area (Å²) in [6.45, 7) is 13.4. The van der Waals surface area contributed by atoms with Gasteiger partial charge in [-0.2, -0.15) is 0 Å². The first-order valence-corrected chi connectivity index (χ1v) is 10.9. The number of aryl methyl sites for hydroxylation is 1. The van der Waals surface area contributed by atoms with Gasteiger partial charge >= 0.3 is 6.03 Å². The quantitative estimate of drug-likeness (QED) is 0.726. The van der Waals surface area contributed by atoms with Gasteiger partial charge in [-0.1, -0.05) is 32.9 Å². The molecule has 0 radical (unpaired) electrons. The van der Waals surface area contributed by atoms with E-state index in [1.807, 2.05) is 61.2 Å². The number of amides is 3. The van der Waals surface area contributed by atoms with Gasteiger partial charge < -0.3 is 20.4 Å². The van der Waals surface area contributed by atoms with Gasteiger partial charge in [-0.05, 0) is 60.7 Å². The van der Waals surface area contributed by atoms with Gasteiger partial charge in [0.1, 0.15) is 0 Å². The molecule has 0 unspecified atom stereocenters. The van der Waals surface area contributed by atoms with Gasteiger partial charge in [-0.3, -0.25) is 4.79 Å². The molecule has 2 aromatic rings. The minimum Gasteiger partial charge on any atom is -0.368 e. The van der Waals surface area contributed by atoms with Crippen molar-refractivity contribution >= 4 is 29.0 Å². The lowest BCUT2D eigenvalue weighted by molar-refractivity contribution is -0.133. The van der Waals surface area contributed by atoms with E-state index in [0.29, 0.717) is 6.42 Å². The summed E-state index contributed by atoms with van der Waals surface area (Å²) in [5.41, 5.74) is 4.87. The first kappa shape index (κ1) is 22.7. The number of benzene rings is 2. The maximum absolute atomic E-state index is 12.4. The fraction of sp³-hybridized carbons (Fsp3) is 0.440. The second-order valence-corrected chi connectivity index (χ2v) is 9.48. The normalized spacial score (nSPS) is 14.4. The smallest absolute Gasteiger partial charge is 0.323 e. The van der Waals surface area contributed by atoms with Crippen molar-refractivity contribution in [1.29, 1.82) is 0 Å². The van der Waals surface area contributed by atoms with Crippen LogP contribution in [0.25, 0.3) is 0 Å². The number of piperazine rings is 1. The van der Waals surface area contributed by atoms with Crippen LogP contribution in [-0.4, -0.2) is 43.0 Å². The number of hydrogen-bond donors (Lipinski definition) is 2. The Morgan fingerprint density at radius 1 is 0.903 bits per heavy atom. The Morgan fingerprint density at radius 3 is 2.16 bits per heavy atom. The van der Waals surface area contributed by atoms with Gasteiger partial charge in [-0.25, -0.2) is 4.79 Å². The first-order valence-electron chi connectivity index (χ1n) is 10.9. The van der Waals surface area contributed by atoms with Crippen LogP contribution in [0.4, 0.5) is 21.9 Å². The van der Waals surface area contributed by atoms with Crippen molar-refractivity contribution in [3.8, 4) is 0 Å². The monoisotopic (exact) mass is 422 g/mol. The van der Waals surface area contributed by atoms with Crippen LogP contribution in [0.15, 0.2) is 42.5 Å². The molecule has 1 aliphatic rings. The predicted molar refractivity (Wildman–Crippen MR) is 128 cm³/mol. The molecule has 2 aromatic carbocycles. The van der Waals surface area contributed by atoms with Crippen LogP contribution in [0.1, 0.15) is 38.3 Å². The van der Waals surface area contributed by atoms with Crippen molar-refractivity contribution in [2.24, 2.45) is 5.41 Å². The predicted octanol–water partition coefficient (Wildman–Crippen LogP) is 5.03. The van der Waals surface area contributed by atoms with E-state index in [2.05, 4.69) is 36.3 Å². The van der Waals surface area contributed by atoms with E-state index < -0.39 is 0 Å². The molecule has 1 saturated heterocycles. The minimum atomic E-state index is -0.257. The summed E-state index contributed by atoms with van der Waals surface area (Å²) in [6, 6.07) is 13.5. The van der Waals surface area contributed by atoms with Crippen LogP contribution in [0.5, 0.6) is 0 Å². The highest BCUT2D eigenvalue weighted by Gasteiger charge is 2.25. The molecule has 166 valence electrons. The van der Waals surface area contributed by atoms with Crippen LogP contribution in [0.2, 0.25) is 0 Å². The molecule has 2 N–H and O–H groups in total. The van der Waals surface area contributed by atoms with E-state index in [-0.39, 0.29) is 17.4 Å². The van der Waals surface area contributed by atoms with Crippen molar-refractivity contribution in [3.63, 3.8) is 0 Å². The van der Waals surface area contributed by atoms with E-state index in [1.54, 1.807) is 0 Å². The number of hydrogen-bond acceptors (Lipinski definition) is 3. The third kappa shape index (κ3) is 6.23. The average molecular weight is 423 g/mol. The molecule has 3 amide bonds. The van der Waals surface area contributed by atoms with Crippen molar-refractivity contribution in [2.75, 3.05) is 41.7 Å². The Hall–Kier alpha value is -3.02.